The van der Waals surface area contributed by atoms with Crippen molar-refractivity contribution in [3.63, 3.8) is 0 Å². The van der Waals surface area contributed by atoms with E-state index in [0.717, 1.165) is 0 Å². The maximum absolute atomic E-state index is 5.87. The highest BCUT2D eigenvalue weighted by Crippen LogP contribution is 2.31. The van der Waals surface area contributed by atoms with Crippen LogP contribution in [0.2, 0.25) is 5.15 Å². The molecule has 2 fully saturated rings. The minimum absolute atomic E-state index is 0.124. The number of nitrogens with zero attached hydrogens (tertiary/aromatic N) is 3. The molecule has 0 amide bonds. The maximum atomic E-state index is 5.87. The summed E-state index contributed by atoms with van der Waals surface area (Å²) < 4.78 is 20.9. The summed E-state index contributed by atoms with van der Waals surface area (Å²) in [5, 5.41) is 11.0. The first-order valence-corrected chi connectivity index (χ1v) is 5.58. The molecule has 1 aromatic rings. The molecule has 2 atom stereocenters. The molecule has 1 aromatic heterocycles. The summed E-state index contributed by atoms with van der Waals surface area (Å²) in [7, 11) is 0. The molecule has 2 unspecified atom stereocenters. The molecule has 2 aliphatic rings. The second-order valence-corrected chi connectivity index (χ2v) is 4.11. The van der Waals surface area contributed by atoms with Gasteiger partial charge in [0.1, 0.15) is 25.4 Å². The summed E-state index contributed by atoms with van der Waals surface area (Å²) >= 11 is 5.87. The first-order valence-electron chi connectivity index (χ1n) is 5.20. The summed E-state index contributed by atoms with van der Waals surface area (Å²) in [6, 6.07) is 0. The van der Waals surface area contributed by atoms with Crippen LogP contribution in [0.15, 0.2) is 0 Å². The van der Waals surface area contributed by atoms with Gasteiger partial charge < -0.3 is 18.9 Å². The van der Waals surface area contributed by atoms with Crippen LogP contribution in [0.3, 0.4) is 0 Å². The van der Waals surface area contributed by atoms with Crippen LogP contribution < -0.4 is 9.47 Å². The van der Waals surface area contributed by atoms with Crippen molar-refractivity contribution in [2.75, 3.05) is 26.4 Å². The van der Waals surface area contributed by atoms with Crippen molar-refractivity contribution in [1.29, 1.82) is 0 Å². The third kappa shape index (κ3) is 2.93. The van der Waals surface area contributed by atoms with Crippen molar-refractivity contribution in [3.8, 4) is 11.6 Å². The molecule has 8 heteroatoms. The lowest BCUT2D eigenvalue weighted by molar-refractivity contribution is 0.218. The number of epoxide rings is 2. The Hall–Kier alpha value is -1.18. The zero-order valence-corrected chi connectivity index (χ0v) is 9.59. The van der Waals surface area contributed by atoms with E-state index in [1.807, 2.05) is 0 Å². The number of aromatic nitrogens is 3. The number of ether oxygens (including phenoxy) is 4. The van der Waals surface area contributed by atoms with Crippen molar-refractivity contribution in [2.24, 2.45) is 0 Å². The molecule has 2 aliphatic heterocycles. The van der Waals surface area contributed by atoms with Gasteiger partial charge in [0, 0.05) is 0 Å². The maximum Gasteiger partial charge on any atom is 0.281 e. The Morgan fingerprint density at radius 1 is 1.12 bits per heavy atom. The van der Waals surface area contributed by atoms with E-state index in [1.54, 1.807) is 0 Å². The molecule has 0 aromatic carbocycles. The fraction of sp³-hybridized carbons (Fsp3) is 0.667. The van der Waals surface area contributed by atoms with Crippen LogP contribution >= 0.6 is 11.6 Å². The predicted octanol–water partition coefficient (Wildman–Crippen LogP) is 0.0802. The van der Waals surface area contributed by atoms with Gasteiger partial charge in [-0.15, -0.1) is 5.10 Å². The summed E-state index contributed by atoms with van der Waals surface area (Å²) in [5.41, 5.74) is 0. The highest BCUT2D eigenvalue weighted by Gasteiger charge is 2.27. The lowest BCUT2D eigenvalue weighted by atomic mass is 10.5. The molecule has 0 radical (unpaired) electrons. The lowest BCUT2D eigenvalue weighted by Gasteiger charge is -2.09. The minimum Gasteiger partial charge on any atom is -0.483 e. The molecule has 0 bridgehead atoms. The van der Waals surface area contributed by atoms with E-state index in [4.69, 9.17) is 30.5 Å². The van der Waals surface area contributed by atoms with Crippen LogP contribution in [0.4, 0.5) is 0 Å². The molecule has 3 rings (SSSR count). The van der Waals surface area contributed by atoms with Gasteiger partial charge >= 0.3 is 0 Å². The zero-order chi connectivity index (χ0) is 11.7. The van der Waals surface area contributed by atoms with Crippen LogP contribution in [0.25, 0.3) is 0 Å². The molecule has 0 N–H and O–H groups in total. The van der Waals surface area contributed by atoms with E-state index in [1.165, 1.54) is 0 Å². The molecule has 0 saturated carbocycles. The monoisotopic (exact) mass is 259 g/mol. The molecular weight excluding hydrogens is 250 g/mol. The summed E-state index contributed by atoms with van der Waals surface area (Å²) in [4.78, 5) is 0. The number of hydrogen-bond acceptors (Lipinski definition) is 7. The van der Waals surface area contributed by atoms with Crippen LogP contribution in [0.5, 0.6) is 11.6 Å². The van der Waals surface area contributed by atoms with E-state index < -0.39 is 0 Å². The summed E-state index contributed by atoms with van der Waals surface area (Å²) in [5.74, 6) is 0.541. The molecule has 0 aliphatic carbocycles. The van der Waals surface area contributed by atoms with Gasteiger partial charge in [-0.1, -0.05) is 16.7 Å². The van der Waals surface area contributed by atoms with Crippen LogP contribution in [0, 0.1) is 0 Å². The van der Waals surface area contributed by atoms with Crippen molar-refractivity contribution in [3.05, 3.63) is 5.15 Å². The van der Waals surface area contributed by atoms with Gasteiger partial charge in [0.2, 0.25) is 10.9 Å². The Balaban J connectivity index is 1.66. The summed E-state index contributed by atoms with van der Waals surface area (Å²) in [6.45, 7) is 2.22. The quantitative estimate of drug-likeness (QED) is 0.669. The van der Waals surface area contributed by atoms with Crippen LogP contribution in [0.1, 0.15) is 0 Å². The van der Waals surface area contributed by atoms with Gasteiger partial charge in [-0.2, -0.15) is 0 Å². The number of rotatable bonds is 6. The Labute approximate surface area is 102 Å². The first kappa shape index (κ1) is 10.9. The van der Waals surface area contributed by atoms with Crippen LogP contribution in [-0.2, 0) is 9.47 Å². The lowest BCUT2D eigenvalue weighted by Crippen LogP contribution is -2.11. The first-order chi connectivity index (χ1) is 8.33. The molecule has 7 nitrogen and oxygen atoms in total. The van der Waals surface area contributed by atoms with Crippen molar-refractivity contribution < 1.29 is 18.9 Å². The van der Waals surface area contributed by atoms with Crippen LogP contribution in [-0.4, -0.2) is 54.0 Å². The molecule has 3 heterocycles. The van der Waals surface area contributed by atoms with Crippen molar-refractivity contribution >= 4 is 11.6 Å². The SMILES string of the molecule is Clc1nnnc(OCC2CO2)c1OCC1CO1. The molecule has 17 heavy (non-hydrogen) atoms. The molecule has 92 valence electrons. The fourth-order valence-corrected chi connectivity index (χ4v) is 1.34. The van der Waals surface area contributed by atoms with Gasteiger partial charge in [-0.25, -0.2) is 0 Å². The van der Waals surface area contributed by atoms with Crippen molar-refractivity contribution in [2.45, 2.75) is 12.2 Å². The average molecular weight is 260 g/mol. The Morgan fingerprint density at radius 2 is 1.76 bits per heavy atom. The average Bonchev–Trinajstić information content (AvgIpc) is 3.18. The standard InChI is InChI=1S/C9H10ClN3O4/c10-8-7(16-3-5-1-14-5)9(12-13-11-8)17-4-6-2-15-6/h5-6H,1-4H2. The van der Waals surface area contributed by atoms with Gasteiger partial charge in [-0.3, -0.25) is 0 Å². The van der Waals surface area contributed by atoms with E-state index in [2.05, 4.69) is 15.4 Å². The zero-order valence-electron chi connectivity index (χ0n) is 8.84. The second kappa shape index (κ2) is 4.59. The van der Waals surface area contributed by atoms with Gasteiger partial charge in [0.15, 0.2) is 0 Å². The van der Waals surface area contributed by atoms with Gasteiger partial charge in [-0.05, 0) is 5.21 Å². The largest absolute Gasteiger partial charge is 0.483 e. The van der Waals surface area contributed by atoms with Gasteiger partial charge in [0.25, 0.3) is 5.88 Å². The van der Waals surface area contributed by atoms with E-state index in [-0.39, 0.29) is 23.2 Å². The number of hydrogen-bond donors (Lipinski definition) is 0. The summed E-state index contributed by atoms with van der Waals surface area (Å²) in [6.07, 6.45) is 0.252. The molecular formula is C9H10ClN3O4. The Morgan fingerprint density at radius 3 is 2.41 bits per heavy atom. The highest BCUT2D eigenvalue weighted by molar-refractivity contribution is 6.30. The van der Waals surface area contributed by atoms with E-state index in [0.29, 0.717) is 32.2 Å². The third-order valence-corrected chi connectivity index (χ3v) is 2.52. The third-order valence-electron chi connectivity index (χ3n) is 2.27. The smallest absolute Gasteiger partial charge is 0.281 e. The van der Waals surface area contributed by atoms with Crippen molar-refractivity contribution in [1.82, 2.24) is 15.4 Å². The minimum atomic E-state index is 0.124. The topological polar surface area (TPSA) is 82.2 Å². The number of halogens is 1. The molecule has 2 saturated heterocycles. The highest BCUT2D eigenvalue weighted by atomic mass is 35.5. The van der Waals surface area contributed by atoms with Gasteiger partial charge in [0.05, 0.1) is 13.2 Å². The Kier molecular flexibility index (Phi) is 2.96. The molecule has 0 spiro atoms. The Bertz CT molecular complexity index is 411. The second-order valence-electron chi connectivity index (χ2n) is 3.75. The predicted molar refractivity (Wildman–Crippen MR) is 55.3 cm³/mol. The van der Waals surface area contributed by atoms with E-state index in [9.17, 15) is 0 Å². The fourth-order valence-electron chi connectivity index (χ4n) is 1.17. The van der Waals surface area contributed by atoms with E-state index >= 15 is 0 Å². The normalized spacial score (nSPS) is 25.5.